The second-order valence-corrected chi connectivity index (χ2v) is 6.31. The van der Waals surface area contributed by atoms with Gasteiger partial charge in [-0.1, -0.05) is 6.42 Å². The highest BCUT2D eigenvalue weighted by molar-refractivity contribution is 7.88. The van der Waals surface area contributed by atoms with Crippen LogP contribution in [-0.4, -0.2) is 39.7 Å². The van der Waals surface area contributed by atoms with Crippen molar-refractivity contribution in [3.63, 3.8) is 0 Å². The van der Waals surface area contributed by atoms with E-state index in [1.54, 1.807) is 0 Å². The second kappa shape index (κ2) is 7.93. The fourth-order valence-corrected chi connectivity index (χ4v) is 3.04. The third-order valence-corrected chi connectivity index (χ3v) is 3.69. The molecule has 0 spiro atoms. The molecule has 108 valence electrons. The highest BCUT2D eigenvalue weighted by Gasteiger charge is 2.29. The summed E-state index contributed by atoms with van der Waals surface area (Å²) in [6.45, 7) is 0.855. The number of hydrogen-bond acceptors (Lipinski definition) is 4. The molecule has 1 aliphatic carbocycles. The molecule has 0 aromatic carbocycles. The maximum absolute atomic E-state index is 11.3. The van der Waals surface area contributed by atoms with Gasteiger partial charge in [-0.3, -0.25) is 4.79 Å². The molecule has 18 heavy (non-hydrogen) atoms. The number of nitrogens with two attached hydrogens (primary N) is 1. The first-order valence-electron chi connectivity index (χ1n) is 5.86. The van der Waals surface area contributed by atoms with Gasteiger partial charge in [-0.25, -0.2) is 13.1 Å². The van der Waals surface area contributed by atoms with Crippen molar-refractivity contribution >= 4 is 28.3 Å². The van der Waals surface area contributed by atoms with Gasteiger partial charge in [-0.05, 0) is 18.8 Å². The molecule has 2 unspecified atom stereocenters. The normalized spacial score (nSPS) is 23.4. The average Bonchev–Trinajstić information content (AvgIpc) is 2.60. The Kier molecular flexibility index (Phi) is 7.77. The molecule has 0 heterocycles. The lowest BCUT2D eigenvalue weighted by Crippen LogP contribution is -2.41. The summed E-state index contributed by atoms with van der Waals surface area (Å²) >= 11 is 0. The number of sulfonamides is 1. The lowest BCUT2D eigenvalue weighted by Gasteiger charge is -2.20. The lowest BCUT2D eigenvalue weighted by molar-refractivity contribution is -0.121. The van der Waals surface area contributed by atoms with E-state index < -0.39 is 10.0 Å². The molecule has 4 N–H and O–H groups in total. The molecule has 0 radical (unpaired) electrons. The average molecular weight is 300 g/mol. The van der Waals surface area contributed by atoms with Crippen molar-refractivity contribution < 1.29 is 13.2 Å². The molecular formula is C10H22ClN3O3S. The van der Waals surface area contributed by atoms with Gasteiger partial charge in [0.15, 0.2) is 0 Å². The first kappa shape index (κ1) is 17.6. The van der Waals surface area contributed by atoms with Crippen molar-refractivity contribution in [1.29, 1.82) is 0 Å². The molecule has 0 aromatic heterocycles. The van der Waals surface area contributed by atoms with Crippen molar-refractivity contribution in [1.82, 2.24) is 10.0 Å². The Morgan fingerprint density at radius 3 is 2.61 bits per heavy atom. The Morgan fingerprint density at radius 1 is 1.39 bits per heavy atom. The summed E-state index contributed by atoms with van der Waals surface area (Å²) in [5.74, 6) is 0.115. The summed E-state index contributed by atoms with van der Waals surface area (Å²) in [4.78, 5) is 11.3. The zero-order valence-electron chi connectivity index (χ0n) is 10.5. The minimum atomic E-state index is -3.17. The van der Waals surface area contributed by atoms with Crippen LogP contribution in [0.25, 0.3) is 0 Å². The number of nitrogens with one attached hydrogen (secondary N) is 2. The van der Waals surface area contributed by atoms with Gasteiger partial charge >= 0.3 is 0 Å². The Morgan fingerprint density at radius 2 is 2.06 bits per heavy atom. The van der Waals surface area contributed by atoms with Gasteiger partial charge in [-0.2, -0.15) is 0 Å². The number of rotatable bonds is 6. The van der Waals surface area contributed by atoms with E-state index in [0.717, 1.165) is 25.5 Å². The fraction of sp³-hybridized carbons (Fsp3) is 0.900. The first-order valence-corrected chi connectivity index (χ1v) is 7.75. The topological polar surface area (TPSA) is 101 Å². The van der Waals surface area contributed by atoms with Crippen LogP contribution in [0.3, 0.4) is 0 Å². The summed E-state index contributed by atoms with van der Waals surface area (Å²) < 4.78 is 24.9. The Bertz CT molecular complexity index is 361. The van der Waals surface area contributed by atoms with Crippen LogP contribution in [0.4, 0.5) is 0 Å². The van der Waals surface area contributed by atoms with Crippen molar-refractivity contribution in [2.24, 2.45) is 11.7 Å². The van der Waals surface area contributed by atoms with E-state index >= 15 is 0 Å². The van der Waals surface area contributed by atoms with Crippen LogP contribution in [-0.2, 0) is 14.8 Å². The van der Waals surface area contributed by atoms with E-state index in [9.17, 15) is 13.2 Å². The van der Waals surface area contributed by atoms with Crippen LogP contribution in [0, 0.1) is 5.92 Å². The Labute approximate surface area is 115 Å². The first-order chi connectivity index (χ1) is 7.92. The molecule has 0 aliphatic heterocycles. The molecule has 0 aromatic rings. The Balaban J connectivity index is 0.00000289. The smallest absolute Gasteiger partial charge is 0.221 e. The number of amides is 1. The van der Waals surface area contributed by atoms with Crippen LogP contribution in [0.2, 0.25) is 0 Å². The quantitative estimate of drug-likeness (QED) is 0.620. The highest BCUT2D eigenvalue weighted by Crippen LogP contribution is 2.25. The number of halogens is 1. The predicted molar refractivity (Wildman–Crippen MR) is 73.0 cm³/mol. The van der Waals surface area contributed by atoms with Crippen LogP contribution in [0.1, 0.15) is 25.7 Å². The largest absolute Gasteiger partial charge is 0.356 e. The van der Waals surface area contributed by atoms with Crippen molar-refractivity contribution in [2.75, 3.05) is 19.3 Å². The van der Waals surface area contributed by atoms with E-state index in [1.807, 2.05) is 0 Å². The van der Waals surface area contributed by atoms with E-state index in [4.69, 9.17) is 5.73 Å². The van der Waals surface area contributed by atoms with Crippen LogP contribution in [0.15, 0.2) is 0 Å². The fourth-order valence-electron chi connectivity index (χ4n) is 2.18. The zero-order valence-corrected chi connectivity index (χ0v) is 12.1. The van der Waals surface area contributed by atoms with Gasteiger partial charge in [0.05, 0.1) is 6.26 Å². The molecule has 0 saturated heterocycles. The minimum absolute atomic E-state index is 0. The third kappa shape index (κ3) is 6.53. The van der Waals surface area contributed by atoms with Gasteiger partial charge in [-0.15, -0.1) is 12.4 Å². The van der Waals surface area contributed by atoms with Gasteiger partial charge in [0.1, 0.15) is 0 Å². The molecule has 6 nitrogen and oxygen atoms in total. The number of carbonyl (C=O) groups is 1. The van der Waals surface area contributed by atoms with Crippen LogP contribution >= 0.6 is 12.4 Å². The number of carbonyl (C=O) groups excluding carboxylic acids is 1. The summed E-state index contributed by atoms with van der Waals surface area (Å²) in [5.41, 5.74) is 5.27. The molecule has 1 aliphatic rings. The predicted octanol–water partition coefficient (Wildman–Crippen LogP) is -0.409. The molecular weight excluding hydrogens is 278 g/mol. The molecule has 1 saturated carbocycles. The Hall–Kier alpha value is -0.370. The van der Waals surface area contributed by atoms with E-state index in [2.05, 4.69) is 10.0 Å². The van der Waals surface area contributed by atoms with Crippen molar-refractivity contribution in [3.8, 4) is 0 Å². The second-order valence-electron chi connectivity index (χ2n) is 4.53. The van der Waals surface area contributed by atoms with Crippen LogP contribution in [0.5, 0.6) is 0 Å². The maximum atomic E-state index is 11.3. The third-order valence-electron chi connectivity index (χ3n) is 2.96. The van der Waals surface area contributed by atoms with Gasteiger partial charge in [0.2, 0.25) is 15.9 Å². The summed E-state index contributed by atoms with van der Waals surface area (Å²) in [5, 5.41) is 2.79. The molecule has 1 fully saturated rings. The molecule has 2 atom stereocenters. The van der Waals surface area contributed by atoms with Crippen molar-refractivity contribution in [3.05, 3.63) is 0 Å². The van der Waals surface area contributed by atoms with E-state index in [-0.39, 0.29) is 30.3 Å². The molecule has 1 amide bonds. The van der Waals surface area contributed by atoms with Gasteiger partial charge in [0.25, 0.3) is 0 Å². The molecule has 8 heteroatoms. The standard InChI is InChI=1S/C10H21N3O3S.ClH/c1-17(15,16)13-9-4-2-3-8(9)7-12-10(14)5-6-11;/h8-9,13H,2-7,11H2,1H3,(H,12,14);1H. The summed E-state index contributed by atoms with van der Waals surface area (Å²) in [6, 6.07) is -0.0526. The molecule has 0 bridgehead atoms. The molecule has 1 rings (SSSR count). The summed E-state index contributed by atoms with van der Waals surface area (Å²) in [6.07, 6.45) is 4.25. The lowest BCUT2D eigenvalue weighted by atomic mass is 10.0. The maximum Gasteiger partial charge on any atom is 0.221 e. The monoisotopic (exact) mass is 299 g/mol. The highest BCUT2D eigenvalue weighted by atomic mass is 35.5. The van der Waals surface area contributed by atoms with Gasteiger partial charge < -0.3 is 11.1 Å². The minimum Gasteiger partial charge on any atom is -0.356 e. The SMILES string of the molecule is CS(=O)(=O)NC1CCCC1CNC(=O)CCN.Cl. The van der Waals surface area contributed by atoms with E-state index in [0.29, 0.717) is 19.5 Å². The summed E-state index contributed by atoms with van der Waals surface area (Å²) in [7, 11) is -3.17. The van der Waals surface area contributed by atoms with E-state index in [1.165, 1.54) is 0 Å². The van der Waals surface area contributed by atoms with Crippen molar-refractivity contribution in [2.45, 2.75) is 31.7 Å². The van der Waals surface area contributed by atoms with Crippen LogP contribution < -0.4 is 15.8 Å². The zero-order chi connectivity index (χ0) is 12.9. The number of hydrogen-bond donors (Lipinski definition) is 3. The van der Waals surface area contributed by atoms with Gasteiger partial charge in [0, 0.05) is 25.6 Å².